The van der Waals surface area contributed by atoms with Gasteiger partial charge in [-0.25, -0.2) is 0 Å². The Labute approximate surface area is 134 Å². The molecule has 5 heteroatoms. The molecular formula is C15H14Br2O3. The van der Waals surface area contributed by atoms with Gasteiger partial charge >= 0.3 is 0 Å². The molecule has 0 aliphatic heterocycles. The summed E-state index contributed by atoms with van der Waals surface area (Å²) in [6, 6.07) is 7.49. The molecular weight excluding hydrogens is 388 g/mol. The van der Waals surface area contributed by atoms with Crippen LogP contribution in [0.4, 0.5) is 0 Å². The van der Waals surface area contributed by atoms with Gasteiger partial charge in [0.2, 0.25) is 0 Å². The van der Waals surface area contributed by atoms with Crippen molar-refractivity contribution in [3.8, 4) is 0 Å². The second kappa shape index (κ2) is 4.60. The summed E-state index contributed by atoms with van der Waals surface area (Å²) in [6.07, 6.45) is 3.26. The van der Waals surface area contributed by atoms with Crippen molar-refractivity contribution < 1.29 is 13.6 Å². The normalized spacial score (nSPS) is 37.5. The number of hydrogen-bond acceptors (Lipinski definition) is 3. The Kier molecular flexibility index (Phi) is 3.25. The van der Waals surface area contributed by atoms with Gasteiger partial charge in [-0.3, -0.25) is 4.79 Å². The highest BCUT2D eigenvalue weighted by Gasteiger charge is 2.64. The summed E-state index contributed by atoms with van der Waals surface area (Å²) >= 11 is 7.23. The summed E-state index contributed by atoms with van der Waals surface area (Å²) in [5.41, 5.74) is 0. The quantitative estimate of drug-likeness (QED) is 0.689. The Morgan fingerprint density at radius 3 is 1.65 bits per heavy atom. The molecule has 0 spiro atoms. The molecule has 1 aliphatic rings. The van der Waals surface area contributed by atoms with Crippen LogP contribution in [-0.2, 0) is 4.79 Å². The van der Waals surface area contributed by atoms with Crippen LogP contribution in [0.1, 0.15) is 37.2 Å². The fourth-order valence-corrected chi connectivity index (χ4v) is 5.26. The number of ketones is 1. The second-order valence-corrected chi connectivity index (χ2v) is 8.76. The van der Waals surface area contributed by atoms with E-state index < -0.39 is 8.65 Å². The molecule has 0 radical (unpaired) electrons. The molecule has 4 atom stereocenters. The highest BCUT2D eigenvalue weighted by atomic mass is 79.9. The maximum absolute atomic E-state index is 12.8. The first-order valence-electron chi connectivity index (χ1n) is 6.36. The second-order valence-electron chi connectivity index (χ2n) is 5.47. The molecule has 20 heavy (non-hydrogen) atoms. The number of rotatable bonds is 2. The summed E-state index contributed by atoms with van der Waals surface area (Å²) in [5.74, 6) is 1.37. The lowest BCUT2D eigenvalue weighted by Crippen LogP contribution is -2.35. The minimum Gasteiger partial charge on any atom is -0.469 e. The van der Waals surface area contributed by atoms with Crippen LogP contribution in [0.5, 0.6) is 0 Å². The van der Waals surface area contributed by atoms with Gasteiger partial charge in [-0.15, -0.1) is 0 Å². The minimum atomic E-state index is -0.708. The monoisotopic (exact) mass is 400 g/mol. The number of Topliss-reactive ketones (excluding diaryl/α,β-unsaturated/α-hetero) is 1. The summed E-state index contributed by atoms with van der Waals surface area (Å²) in [6.45, 7) is 3.79. The molecule has 0 unspecified atom stereocenters. The Bertz CT molecular complexity index is 557. The van der Waals surface area contributed by atoms with Gasteiger partial charge < -0.3 is 8.83 Å². The van der Waals surface area contributed by atoms with Crippen molar-refractivity contribution in [1.29, 1.82) is 0 Å². The third-order valence-electron chi connectivity index (χ3n) is 4.09. The Morgan fingerprint density at radius 2 is 1.35 bits per heavy atom. The van der Waals surface area contributed by atoms with E-state index in [0.29, 0.717) is 0 Å². The maximum Gasteiger partial charge on any atom is 0.167 e. The molecule has 2 aromatic rings. The third-order valence-corrected chi connectivity index (χ3v) is 5.80. The van der Waals surface area contributed by atoms with E-state index in [1.165, 1.54) is 0 Å². The molecule has 0 N–H and O–H groups in total. The van der Waals surface area contributed by atoms with Crippen molar-refractivity contribution in [1.82, 2.24) is 0 Å². The van der Waals surface area contributed by atoms with Gasteiger partial charge in [0.25, 0.3) is 0 Å². The first kappa shape index (κ1) is 14.1. The van der Waals surface area contributed by atoms with Gasteiger partial charge in [0.1, 0.15) is 11.5 Å². The molecule has 1 fully saturated rings. The number of halogens is 2. The largest absolute Gasteiger partial charge is 0.469 e. The van der Waals surface area contributed by atoms with Gasteiger partial charge in [0.15, 0.2) is 5.78 Å². The van der Waals surface area contributed by atoms with E-state index in [-0.39, 0.29) is 17.6 Å². The molecule has 1 aliphatic carbocycles. The van der Waals surface area contributed by atoms with Crippen molar-refractivity contribution in [3.05, 3.63) is 48.3 Å². The van der Waals surface area contributed by atoms with Gasteiger partial charge in [0.05, 0.1) is 33.0 Å². The van der Waals surface area contributed by atoms with E-state index in [2.05, 4.69) is 31.9 Å². The average molecular weight is 402 g/mol. The van der Waals surface area contributed by atoms with Crippen LogP contribution in [0.3, 0.4) is 0 Å². The maximum atomic E-state index is 12.8. The Balaban J connectivity index is 2.19. The minimum absolute atomic E-state index is 0.0906. The molecule has 3 rings (SSSR count). The predicted octanol–water partition coefficient (Wildman–Crippen LogP) is 4.63. The van der Waals surface area contributed by atoms with E-state index in [0.717, 1.165) is 11.5 Å². The number of carbonyl (C=O) groups excluding carboxylic acids is 1. The van der Waals surface area contributed by atoms with Crippen LogP contribution in [0.25, 0.3) is 0 Å². The highest BCUT2D eigenvalue weighted by Crippen LogP contribution is 2.61. The molecule has 2 heterocycles. The molecule has 1 saturated carbocycles. The van der Waals surface area contributed by atoms with Gasteiger partial charge in [0, 0.05) is 0 Å². The molecule has 0 amide bonds. The third kappa shape index (κ3) is 1.86. The van der Waals surface area contributed by atoms with Crippen molar-refractivity contribution in [2.75, 3.05) is 0 Å². The Morgan fingerprint density at radius 1 is 0.950 bits per heavy atom. The van der Waals surface area contributed by atoms with E-state index in [1.807, 2.05) is 38.1 Å². The van der Waals surface area contributed by atoms with Gasteiger partial charge in [-0.1, -0.05) is 31.9 Å². The zero-order valence-electron chi connectivity index (χ0n) is 11.1. The number of hydrogen-bond donors (Lipinski definition) is 0. The molecule has 2 aromatic heterocycles. The summed E-state index contributed by atoms with van der Waals surface area (Å²) in [7, 11) is 0. The van der Waals surface area contributed by atoms with Crippen molar-refractivity contribution in [2.24, 2.45) is 0 Å². The standard InChI is InChI=1S/C15H14Br2O3/c1-14(16)11(9-5-3-7-19-9)12(10-6-4-8-20-10)15(2,17)13(14)18/h3-8,11-12H,1-2H3/t11-,12-,14-,15-/m0/s1. The van der Waals surface area contributed by atoms with E-state index in [1.54, 1.807) is 12.5 Å². The summed E-state index contributed by atoms with van der Waals surface area (Å²) in [4.78, 5) is 12.8. The smallest absolute Gasteiger partial charge is 0.167 e. The van der Waals surface area contributed by atoms with Crippen LogP contribution in [0.15, 0.2) is 45.6 Å². The van der Waals surface area contributed by atoms with E-state index in [9.17, 15) is 4.79 Å². The lowest BCUT2D eigenvalue weighted by Gasteiger charge is -2.26. The first-order chi connectivity index (χ1) is 9.37. The van der Waals surface area contributed by atoms with Gasteiger partial charge in [-0.2, -0.15) is 0 Å². The predicted molar refractivity (Wildman–Crippen MR) is 82.6 cm³/mol. The summed E-state index contributed by atoms with van der Waals surface area (Å²) < 4.78 is 9.74. The zero-order valence-corrected chi connectivity index (χ0v) is 14.3. The summed E-state index contributed by atoms with van der Waals surface area (Å²) in [5, 5.41) is 0. The number of furan rings is 2. The molecule has 0 saturated heterocycles. The lowest BCUT2D eigenvalue weighted by molar-refractivity contribution is -0.120. The van der Waals surface area contributed by atoms with Crippen molar-refractivity contribution >= 4 is 37.6 Å². The number of alkyl halides is 2. The SMILES string of the molecule is C[C@@]1(Br)C(=O)[C@@](C)(Br)[C@@H](c2ccco2)[C@@H]1c1ccco1. The van der Waals surface area contributed by atoms with E-state index >= 15 is 0 Å². The fourth-order valence-electron chi connectivity index (χ4n) is 3.19. The fraction of sp³-hybridized carbons (Fsp3) is 0.400. The average Bonchev–Trinajstić information content (AvgIpc) is 3.07. The van der Waals surface area contributed by atoms with Crippen molar-refractivity contribution in [3.63, 3.8) is 0 Å². The van der Waals surface area contributed by atoms with Crippen LogP contribution in [0.2, 0.25) is 0 Å². The molecule has 0 aromatic carbocycles. The van der Waals surface area contributed by atoms with E-state index in [4.69, 9.17) is 8.83 Å². The molecule has 0 bridgehead atoms. The van der Waals surface area contributed by atoms with Gasteiger partial charge in [-0.05, 0) is 38.1 Å². The molecule has 106 valence electrons. The lowest BCUT2D eigenvalue weighted by atomic mass is 9.84. The zero-order chi connectivity index (χ0) is 14.5. The van der Waals surface area contributed by atoms with Crippen LogP contribution in [-0.4, -0.2) is 14.4 Å². The van der Waals surface area contributed by atoms with Crippen LogP contribution < -0.4 is 0 Å². The number of carbonyl (C=O) groups is 1. The van der Waals surface area contributed by atoms with Crippen LogP contribution >= 0.6 is 31.9 Å². The van der Waals surface area contributed by atoms with Crippen molar-refractivity contribution in [2.45, 2.75) is 34.3 Å². The highest BCUT2D eigenvalue weighted by molar-refractivity contribution is 9.11. The molecule has 3 nitrogen and oxygen atoms in total. The van der Waals surface area contributed by atoms with Crippen LogP contribution in [0, 0.1) is 0 Å². The Hall–Kier alpha value is -0.810. The first-order valence-corrected chi connectivity index (χ1v) is 7.95. The topological polar surface area (TPSA) is 43.4 Å².